The van der Waals surface area contributed by atoms with E-state index in [0.29, 0.717) is 5.69 Å². The molecule has 2 N–H and O–H groups in total. The van der Waals surface area contributed by atoms with Crippen LogP contribution < -0.4 is 14.9 Å². The van der Waals surface area contributed by atoms with Crippen LogP contribution in [-0.4, -0.2) is 27.5 Å². The molecule has 2 aromatic carbocycles. The van der Waals surface area contributed by atoms with E-state index < -0.39 is 16.1 Å². The molecule has 0 radical (unpaired) electrons. The van der Waals surface area contributed by atoms with E-state index in [4.69, 9.17) is 0 Å². The van der Waals surface area contributed by atoms with Crippen LogP contribution in [0.2, 0.25) is 0 Å². The van der Waals surface area contributed by atoms with Gasteiger partial charge in [-0.05, 0) is 56.5 Å². The Hall–Kier alpha value is -2.54. The lowest BCUT2D eigenvalue weighted by molar-refractivity contribution is 0.256. The predicted octanol–water partition coefficient (Wildman–Crippen LogP) is 3.41. The van der Waals surface area contributed by atoms with E-state index in [1.807, 2.05) is 32.0 Å². The molecule has 1 saturated heterocycles. The maximum Gasteiger partial charge on any atom is 0.333 e. The molecule has 1 heterocycles. The average molecular weight is 373 g/mol. The molecule has 0 atom stereocenters. The maximum atomic E-state index is 12.3. The molecule has 0 unspecified atom stereocenters. The Morgan fingerprint density at radius 1 is 1.00 bits per heavy atom. The number of nitrogens with zero attached hydrogens (tertiary/aromatic N) is 1. The van der Waals surface area contributed by atoms with E-state index >= 15 is 0 Å². The molecule has 7 heteroatoms. The summed E-state index contributed by atoms with van der Waals surface area (Å²) in [6.07, 6.45) is 2.32. The second kappa shape index (κ2) is 7.37. The van der Waals surface area contributed by atoms with Crippen LogP contribution in [0.15, 0.2) is 47.4 Å². The lowest BCUT2D eigenvalue weighted by Gasteiger charge is -2.19. The number of hydrogen-bond acceptors (Lipinski definition) is 4. The van der Waals surface area contributed by atoms with Crippen molar-refractivity contribution < 1.29 is 13.2 Å². The van der Waals surface area contributed by atoms with E-state index in [9.17, 15) is 13.2 Å². The van der Waals surface area contributed by atoms with Crippen molar-refractivity contribution in [3.8, 4) is 0 Å². The Morgan fingerprint density at radius 3 is 2.31 bits per heavy atom. The van der Waals surface area contributed by atoms with Gasteiger partial charge in [0.25, 0.3) is 10.0 Å². The quantitative estimate of drug-likeness (QED) is 0.861. The number of carbonyl (C=O) groups is 1. The second-order valence-corrected chi connectivity index (χ2v) is 8.25. The third kappa shape index (κ3) is 4.16. The van der Waals surface area contributed by atoms with Crippen molar-refractivity contribution >= 4 is 27.4 Å². The van der Waals surface area contributed by atoms with Gasteiger partial charge >= 0.3 is 6.03 Å². The molecule has 6 nitrogen and oxygen atoms in total. The number of carbonyl (C=O) groups excluding carboxylic acids is 1. The van der Waals surface area contributed by atoms with Gasteiger partial charge in [0.05, 0.1) is 4.90 Å². The van der Waals surface area contributed by atoms with E-state index in [2.05, 4.69) is 14.9 Å². The average Bonchev–Trinajstić information content (AvgIpc) is 3.11. The van der Waals surface area contributed by atoms with Gasteiger partial charge in [-0.1, -0.05) is 23.8 Å². The predicted molar refractivity (Wildman–Crippen MR) is 103 cm³/mol. The number of amides is 2. The Kier molecular flexibility index (Phi) is 5.18. The first-order chi connectivity index (χ1) is 12.3. The number of sulfonamides is 1. The van der Waals surface area contributed by atoms with Crippen molar-refractivity contribution in [1.82, 2.24) is 4.72 Å². The van der Waals surface area contributed by atoms with Crippen LogP contribution in [0.5, 0.6) is 0 Å². The van der Waals surface area contributed by atoms with Gasteiger partial charge in [-0.2, -0.15) is 0 Å². The van der Waals surface area contributed by atoms with Gasteiger partial charge in [0.2, 0.25) is 0 Å². The van der Waals surface area contributed by atoms with Gasteiger partial charge in [0, 0.05) is 24.5 Å². The zero-order valence-corrected chi connectivity index (χ0v) is 15.8. The van der Waals surface area contributed by atoms with Gasteiger partial charge in [0.15, 0.2) is 0 Å². The lowest BCUT2D eigenvalue weighted by atomic mass is 10.1. The number of rotatable bonds is 4. The summed E-state index contributed by atoms with van der Waals surface area (Å²) in [5, 5.41) is 2.66. The van der Waals surface area contributed by atoms with Crippen molar-refractivity contribution in [2.75, 3.05) is 23.3 Å². The summed E-state index contributed by atoms with van der Waals surface area (Å²) in [6.45, 7) is 5.73. The largest absolute Gasteiger partial charge is 0.371 e. The minimum atomic E-state index is -3.91. The van der Waals surface area contributed by atoms with Gasteiger partial charge < -0.3 is 10.2 Å². The molecular formula is C19H23N3O3S. The zero-order valence-electron chi connectivity index (χ0n) is 15.0. The molecule has 1 aliphatic rings. The maximum absolute atomic E-state index is 12.3. The second-order valence-electron chi connectivity index (χ2n) is 6.57. The molecule has 1 fully saturated rings. The number of hydrogen-bond donors (Lipinski definition) is 2. The fourth-order valence-corrected chi connectivity index (χ4v) is 3.87. The highest BCUT2D eigenvalue weighted by atomic mass is 32.2. The summed E-state index contributed by atoms with van der Waals surface area (Å²) in [5.74, 6) is 0. The standard InChI is InChI=1S/C19H23N3O3S/c1-14-5-9-17(10-6-14)26(24,25)21-19(23)20-18-13-16(8-7-15(18)2)22-11-3-4-12-22/h5-10,13H,3-4,11-12H2,1-2H3,(H2,20,21,23). The lowest BCUT2D eigenvalue weighted by Crippen LogP contribution is -2.34. The van der Waals surface area contributed by atoms with Crippen molar-refractivity contribution in [2.45, 2.75) is 31.6 Å². The minimum Gasteiger partial charge on any atom is -0.371 e. The Balaban J connectivity index is 1.73. The zero-order chi connectivity index (χ0) is 18.7. The summed E-state index contributed by atoms with van der Waals surface area (Å²) in [4.78, 5) is 14.5. The molecule has 26 heavy (non-hydrogen) atoms. The molecular weight excluding hydrogens is 350 g/mol. The number of nitrogens with one attached hydrogen (secondary N) is 2. The first-order valence-corrected chi connectivity index (χ1v) is 10.1. The fraction of sp³-hybridized carbons (Fsp3) is 0.316. The van der Waals surface area contributed by atoms with Crippen LogP contribution >= 0.6 is 0 Å². The molecule has 3 rings (SSSR count). The number of aryl methyl sites for hydroxylation is 2. The summed E-state index contributed by atoms with van der Waals surface area (Å²) in [7, 11) is -3.91. The summed E-state index contributed by atoms with van der Waals surface area (Å²) in [6, 6.07) is 11.4. The van der Waals surface area contributed by atoms with E-state index in [1.165, 1.54) is 12.1 Å². The molecule has 0 bridgehead atoms. The summed E-state index contributed by atoms with van der Waals surface area (Å²) >= 11 is 0. The first-order valence-electron chi connectivity index (χ1n) is 8.61. The molecule has 0 spiro atoms. The summed E-state index contributed by atoms with van der Waals surface area (Å²) < 4.78 is 26.7. The van der Waals surface area contributed by atoms with Crippen molar-refractivity contribution in [2.24, 2.45) is 0 Å². The van der Waals surface area contributed by atoms with Crippen molar-refractivity contribution in [3.05, 3.63) is 53.6 Å². The highest BCUT2D eigenvalue weighted by Crippen LogP contribution is 2.26. The monoisotopic (exact) mass is 373 g/mol. The van der Waals surface area contributed by atoms with Gasteiger partial charge in [-0.25, -0.2) is 17.9 Å². The van der Waals surface area contributed by atoms with E-state index in [-0.39, 0.29) is 4.90 Å². The Morgan fingerprint density at radius 2 is 1.65 bits per heavy atom. The Bertz CT molecular complexity index is 902. The van der Waals surface area contributed by atoms with Gasteiger partial charge in [-0.15, -0.1) is 0 Å². The van der Waals surface area contributed by atoms with E-state index in [0.717, 1.165) is 42.7 Å². The highest BCUT2D eigenvalue weighted by molar-refractivity contribution is 7.90. The van der Waals surface area contributed by atoms with Crippen LogP contribution in [0.3, 0.4) is 0 Å². The SMILES string of the molecule is Cc1ccc(S(=O)(=O)NC(=O)Nc2cc(N3CCCC3)ccc2C)cc1. The topological polar surface area (TPSA) is 78.5 Å². The fourth-order valence-electron chi connectivity index (χ4n) is 2.96. The van der Waals surface area contributed by atoms with Crippen LogP contribution in [0, 0.1) is 13.8 Å². The van der Waals surface area contributed by atoms with Crippen LogP contribution in [0.25, 0.3) is 0 Å². The van der Waals surface area contributed by atoms with Crippen molar-refractivity contribution in [1.29, 1.82) is 0 Å². The van der Waals surface area contributed by atoms with Crippen LogP contribution in [0.4, 0.5) is 16.2 Å². The van der Waals surface area contributed by atoms with Crippen LogP contribution in [0.1, 0.15) is 24.0 Å². The third-order valence-corrected chi connectivity index (χ3v) is 5.85. The normalized spacial score (nSPS) is 14.3. The Labute approximate surface area is 154 Å². The molecule has 0 aromatic heterocycles. The van der Waals surface area contributed by atoms with Crippen molar-refractivity contribution in [3.63, 3.8) is 0 Å². The molecule has 1 aliphatic heterocycles. The highest BCUT2D eigenvalue weighted by Gasteiger charge is 2.19. The smallest absolute Gasteiger partial charge is 0.333 e. The first kappa shape index (κ1) is 18.3. The molecule has 2 amide bonds. The van der Waals surface area contributed by atoms with Gasteiger partial charge in [0.1, 0.15) is 0 Å². The molecule has 138 valence electrons. The summed E-state index contributed by atoms with van der Waals surface area (Å²) in [5.41, 5.74) is 3.45. The van der Waals surface area contributed by atoms with Crippen LogP contribution in [-0.2, 0) is 10.0 Å². The molecule has 0 aliphatic carbocycles. The van der Waals surface area contributed by atoms with E-state index in [1.54, 1.807) is 12.1 Å². The van der Waals surface area contributed by atoms with Gasteiger partial charge in [-0.3, -0.25) is 0 Å². The molecule has 2 aromatic rings. The number of anilines is 2. The minimum absolute atomic E-state index is 0.0563. The third-order valence-electron chi connectivity index (χ3n) is 4.50. The number of benzene rings is 2. The number of urea groups is 1. The molecule has 0 saturated carbocycles.